The van der Waals surface area contributed by atoms with Gasteiger partial charge in [-0.3, -0.25) is 0 Å². The molecular formula is C8H6F5NO3. The van der Waals surface area contributed by atoms with Crippen LogP contribution in [0.3, 0.4) is 0 Å². The van der Waals surface area contributed by atoms with E-state index < -0.39 is 42.3 Å². The Hall–Kier alpha value is -1.64. The Morgan fingerprint density at radius 2 is 1.94 bits per heavy atom. The van der Waals surface area contributed by atoms with Gasteiger partial charge < -0.3 is 14.9 Å². The second-order valence-corrected chi connectivity index (χ2v) is 2.86. The highest BCUT2D eigenvalue weighted by Gasteiger charge is 2.34. The molecule has 0 aromatic carbocycles. The quantitative estimate of drug-likeness (QED) is 0.816. The number of rotatable bonds is 3. The highest BCUT2D eigenvalue weighted by atomic mass is 19.4. The summed E-state index contributed by atoms with van der Waals surface area (Å²) in [6.07, 6.45) is -8.40. The highest BCUT2D eigenvalue weighted by Crippen LogP contribution is 2.33. The van der Waals surface area contributed by atoms with Crippen molar-refractivity contribution in [3.8, 4) is 11.6 Å². The van der Waals surface area contributed by atoms with Gasteiger partial charge in [0, 0.05) is 5.56 Å². The molecule has 0 atom stereocenters. The lowest BCUT2D eigenvalue weighted by molar-refractivity contribution is -0.276. The molecule has 1 aromatic rings. The van der Waals surface area contributed by atoms with E-state index in [1.165, 1.54) is 0 Å². The third kappa shape index (κ3) is 3.41. The zero-order chi connectivity index (χ0) is 13.2. The molecule has 0 aliphatic rings. The van der Waals surface area contributed by atoms with Crippen molar-refractivity contribution in [1.29, 1.82) is 0 Å². The van der Waals surface area contributed by atoms with E-state index in [1.54, 1.807) is 0 Å². The maximum absolute atomic E-state index is 12.3. The molecule has 0 unspecified atom stereocenters. The first-order valence-corrected chi connectivity index (χ1v) is 4.12. The number of hydrogen-bond acceptors (Lipinski definition) is 4. The molecule has 0 radical (unpaired) electrons. The molecular weight excluding hydrogens is 253 g/mol. The molecule has 0 saturated carbocycles. The van der Waals surface area contributed by atoms with Crippen LogP contribution in [-0.4, -0.2) is 21.6 Å². The van der Waals surface area contributed by atoms with E-state index in [1.807, 2.05) is 0 Å². The van der Waals surface area contributed by atoms with Gasteiger partial charge in [0.05, 0.1) is 6.61 Å². The molecule has 0 spiro atoms. The lowest BCUT2D eigenvalue weighted by Crippen LogP contribution is -2.19. The summed E-state index contributed by atoms with van der Waals surface area (Å²) >= 11 is 0. The minimum absolute atomic E-state index is 0.537. The van der Waals surface area contributed by atoms with Gasteiger partial charge in [0.15, 0.2) is 5.69 Å². The van der Waals surface area contributed by atoms with E-state index in [0.29, 0.717) is 6.07 Å². The Labute approximate surface area is 91.3 Å². The molecule has 0 fully saturated rings. The SMILES string of the molecule is OCc1cc(O)c(C(F)F)nc1OC(F)(F)F. The summed E-state index contributed by atoms with van der Waals surface area (Å²) in [5.74, 6) is -2.23. The van der Waals surface area contributed by atoms with Gasteiger partial charge in [0.2, 0.25) is 5.88 Å². The molecule has 9 heteroatoms. The molecule has 96 valence electrons. The van der Waals surface area contributed by atoms with Gasteiger partial charge in [0.1, 0.15) is 5.75 Å². The van der Waals surface area contributed by atoms with Crippen LogP contribution in [0.15, 0.2) is 6.07 Å². The zero-order valence-corrected chi connectivity index (χ0v) is 8.00. The molecule has 0 aliphatic carbocycles. The van der Waals surface area contributed by atoms with Gasteiger partial charge in [-0.2, -0.15) is 0 Å². The van der Waals surface area contributed by atoms with Gasteiger partial charge in [-0.05, 0) is 6.07 Å². The Morgan fingerprint density at radius 3 is 2.35 bits per heavy atom. The van der Waals surface area contributed by atoms with Crippen LogP contribution in [0.5, 0.6) is 11.6 Å². The van der Waals surface area contributed by atoms with Crippen LogP contribution >= 0.6 is 0 Å². The summed E-state index contributed by atoms with van der Waals surface area (Å²) in [5, 5.41) is 17.7. The number of pyridine rings is 1. The van der Waals surface area contributed by atoms with E-state index in [9.17, 15) is 22.0 Å². The fourth-order valence-electron chi connectivity index (χ4n) is 1.01. The maximum Gasteiger partial charge on any atom is 0.574 e. The number of alkyl halides is 5. The first kappa shape index (κ1) is 13.4. The average molecular weight is 259 g/mol. The number of hydrogen-bond donors (Lipinski definition) is 2. The summed E-state index contributed by atoms with van der Waals surface area (Å²) in [6, 6.07) is 0.537. The number of ether oxygens (including phenoxy) is 1. The van der Waals surface area contributed by atoms with Gasteiger partial charge in [-0.15, -0.1) is 13.2 Å². The number of nitrogens with zero attached hydrogens (tertiary/aromatic N) is 1. The fraction of sp³-hybridized carbons (Fsp3) is 0.375. The number of aromatic nitrogens is 1. The summed E-state index contributed by atoms with van der Waals surface area (Å²) in [6.45, 7) is -0.949. The largest absolute Gasteiger partial charge is 0.574 e. The van der Waals surface area contributed by atoms with Crippen molar-refractivity contribution in [2.24, 2.45) is 0 Å². The predicted molar refractivity (Wildman–Crippen MR) is 43.5 cm³/mol. The smallest absolute Gasteiger partial charge is 0.506 e. The minimum Gasteiger partial charge on any atom is -0.506 e. The van der Waals surface area contributed by atoms with E-state index in [-0.39, 0.29) is 0 Å². The summed E-state index contributed by atoms with van der Waals surface area (Å²) < 4.78 is 63.6. The monoisotopic (exact) mass is 259 g/mol. The van der Waals surface area contributed by atoms with Crippen LogP contribution in [0.4, 0.5) is 22.0 Å². The van der Waals surface area contributed by atoms with Crippen LogP contribution in [-0.2, 0) is 6.61 Å². The lowest BCUT2D eigenvalue weighted by Gasteiger charge is -2.13. The summed E-state index contributed by atoms with van der Waals surface area (Å²) in [7, 11) is 0. The summed E-state index contributed by atoms with van der Waals surface area (Å²) in [5.41, 5.74) is -1.80. The van der Waals surface area contributed by atoms with Crippen LogP contribution < -0.4 is 4.74 Å². The van der Waals surface area contributed by atoms with Crippen molar-refractivity contribution in [3.05, 3.63) is 17.3 Å². The second-order valence-electron chi connectivity index (χ2n) is 2.86. The average Bonchev–Trinajstić information content (AvgIpc) is 2.17. The van der Waals surface area contributed by atoms with Crippen molar-refractivity contribution < 1.29 is 36.9 Å². The molecule has 17 heavy (non-hydrogen) atoms. The Kier molecular flexibility index (Phi) is 3.71. The number of aliphatic hydroxyl groups excluding tert-OH is 1. The van der Waals surface area contributed by atoms with Crippen LogP contribution in [0.2, 0.25) is 0 Å². The first-order valence-electron chi connectivity index (χ1n) is 4.12. The standard InChI is InChI=1S/C8H6F5NO3/c9-6(10)5-4(16)1-3(2-15)7(14-5)17-8(11,12)13/h1,6,15-16H,2H2. The molecule has 0 saturated heterocycles. The summed E-state index contributed by atoms with van der Waals surface area (Å²) in [4.78, 5) is 2.83. The van der Waals surface area contributed by atoms with Crippen LogP contribution in [0, 0.1) is 0 Å². The van der Waals surface area contributed by atoms with Crippen molar-refractivity contribution in [2.75, 3.05) is 0 Å². The van der Waals surface area contributed by atoms with Gasteiger partial charge in [0.25, 0.3) is 6.43 Å². The lowest BCUT2D eigenvalue weighted by atomic mass is 10.2. The van der Waals surface area contributed by atoms with Crippen molar-refractivity contribution >= 4 is 0 Å². The minimum atomic E-state index is -5.13. The zero-order valence-electron chi connectivity index (χ0n) is 8.00. The fourth-order valence-corrected chi connectivity index (χ4v) is 1.01. The van der Waals surface area contributed by atoms with E-state index in [4.69, 9.17) is 10.2 Å². The van der Waals surface area contributed by atoms with Gasteiger partial charge in [-0.1, -0.05) is 0 Å². The molecule has 0 amide bonds. The molecule has 1 heterocycles. The Balaban J connectivity index is 3.22. The molecule has 1 aromatic heterocycles. The molecule has 2 N–H and O–H groups in total. The number of aliphatic hydroxyl groups is 1. The van der Waals surface area contributed by atoms with E-state index >= 15 is 0 Å². The third-order valence-electron chi connectivity index (χ3n) is 1.66. The van der Waals surface area contributed by atoms with E-state index in [0.717, 1.165) is 0 Å². The topological polar surface area (TPSA) is 62.6 Å². The van der Waals surface area contributed by atoms with Crippen LogP contribution in [0.25, 0.3) is 0 Å². The van der Waals surface area contributed by atoms with Crippen molar-refractivity contribution in [1.82, 2.24) is 4.98 Å². The predicted octanol–water partition coefficient (Wildman–Crippen LogP) is 2.12. The third-order valence-corrected chi connectivity index (χ3v) is 1.66. The van der Waals surface area contributed by atoms with Crippen molar-refractivity contribution in [3.63, 3.8) is 0 Å². The maximum atomic E-state index is 12.3. The van der Waals surface area contributed by atoms with Crippen LogP contribution in [0.1, 0.15) is 17.7 Å². The molecule has 0 bridgehead atoms. The van der Waals surface area contributed by atoms with Gasteiger partial charge in [-0.25, -0.2) is 13.8 Å². The normalized spacial score (nSPS) is 11.9. The Morgan fingerprint density at radius 1 is 1.35 bits per heavy atom. The van der Waals surface area contributed by atoms with Gasteiger partial charge >= 0.3 is 6.36 Å². The van der Waals surface area contributed by atoms with E-state index in [2.05, 4.69) is 9.72 Å². The second kappa shape index (κ2) is 4.70. The molecule has 1 rings (SSSR count). The first-order chi connectivity index (χ1) is 7.74. The molecule has 0 aliphatic heterocycles. The number of aromatic hydroxyl groups is 1. The highest BCUT2D eigenvalue weighted by molar-refractivity contribution is 5.38. The molecule has 4 nitrogen and oxygen atoms in total. The number of halogens is 5. The van der Waals surface area contributed by atoms with Crippen molar-refractivity contribution in [2.45, 2.75) is 19.4 Å². The Bertz CT molecular complexity index is 407.